The first-order valence-electron chi connectivity index (χ1n) is 16.0. The molecule has 0 saturated heterocycles. The van der Waals surface area contributed by atoms with Crippen molar-refractivity contribution in [2.24, 2.45) is 0 Å². The van der Waals surface area contributed by atoms with Crippen LogP contribution in [0.15, 0.2) is 0 Å². The molecule has 0 amide bonds. The zero-order valence-electron chi connectivity index (χ0n) is 32.6. The fourth-order valence-electron chi connectivity index (χ4n) is 3.56. The van der Waals surface area contributed by atoms with Gasteiger partial charge in [-0.1, -0.05) is 0 Å². The number of aliphatic hydroxyl groups is 4. The zero-order valence-corrected chi connectivity index (χ0v) is 32.6. The van der Waals surface area contributed by atoms with Crippen molar-refractivity contribution < 1.29 is 212 Å². The minimum atomic E-state index is -9.61. The van der Waals surface area contributed by atoms with Gasteiger partial charge < -0.3 is 25.2 Å². The van der Waals surface area contributed by atoms with Gasteiger partial charge in [0.25, 0.3) is 0 Å². The van der Waals surface area contributed by atoms with Gasteiger partial charge in [-0.2, -0.15) is 149 Å². The Morgan fingerprint density at radius 3 is 0.611 bits per heavy atom. The standard InChI is InChI=1S/C25H18F34O13/c1-7(2,12(34,35)15(38,39)65-8(26,27)3-60)64-13(36,17(42,43)71-24(56,57)21(50,51)67-10(30,31)5-62)16(40,41)70-18(44,45)14(37,69-23(54,55)20(48,49)66-9(28,29)4-61)19(46,47)72-25(58,59)22(52,53)68-11(32,33)6-63/h60-63H,3-6H2,1-2H3. The maximum atomic E-state index is 16.0. The summed E-state index contributed by atoms with van der Waals surface area (Å²) in [5.74, 6) is -26.5. The number of hydrogen-bond donors (Lipinski definition) is 4. The molecule has 0 bridgehead atoms. The van der Waals surface area contributed by atoms with Gasteiger partial charge in [0.2, 0.25) is 0 Å². The monoisotopic (exact) mass is 1170 g/mol. The van der Waals surface area contributed by atoms with Gasteiger partial charge in [-0.3, -0.25) is 4.74 Å². The summed E-state index contributed by atoms with van der Waals surface area (Å²) in [5.41, 5.74) is -6.32. The van der Waals surface area contributed by atoms with E-state index in [2.05, 4.69) is 4.74 Å². The van der Waals surface area contributed by atoms with E-state index in [1.807, 2.05) is 4.74 Å². The summed E-state index contributed by atoms with van der Waals surface area (Å²) in [6.07, 6.45) is -120. The van der Waals surface area contributed by atoms with Crippen LogP contribution in [0.3, 0.4) is 0 Å². The van der Waals surface area contributed by atoms with Gasteiger partial charge >= 0.3 is 109 Å². The molecule has 0 aliphatic carbocycles. The molecule has 0 saturated carbocycles. The van der Waals surface area contributed by atoms with E-state index in [4.69, 9.17) is 20.4 Å². The van der Waals surface area contributed by atoms with Crippen LogP contribution in [0.4, 0.5) is 149 Å². The molecule has 72 heavy (non-hydrogen) atoms. The van der Waals surface area contributed by atoms with Crippen LogP contribution in [0.1, 0.15) is 13.8 Å². The van der Waals surface area contributed by atoms with E-state index in [-0.39, 0.29) is 0 Å². The van der Waals surface area contributed by atoms with Crippen molar-refractivity contribution in [2.45, 2.75) is 129 Å². The highest BCUT2D eigenvalue weighted by molar-refractivity contribution is 5.01. The Kier molecular flexibility index (Phi) is 19.1. The minimum absolute atomic E-state index is 1.10. The first-order chi connectivity index (χ1) is 30.9. The second-order valence-electron chi connectivity index (χ2n) is 13.1. The largest absolute Gasteiger partial charge is 0.453 e. The lowest BCUT2D eigenvalue weighted by Crippen LogP contribution is -2.73. The quantitative estimate of drug-likeness (QED) is 0.0488. The second-order valence-corrected chi connectivity index (χ2v) is 13.1. The lowest BCUT2D eigenvalue weighted by Gasteiger charge is -2.47. The van der Waals surface area contributed by atoms with Gasteiger partial charge in [-0.15, -0.1) is 0 Å². The minimum Gasteiger partial charge on any atom is -0.387 e. The molecule has 0 aromatic rings. The van der Waals surface area contributed by atoms with Crippen molar-refractivity contribution in [1.29, 1.82) is 0 Å². The van der Waals surface area contributed by atoms with Crippen molar-refractivity contribution in [2.75, 3.05) is 26.4 Å². The summed E-state index contributed by atoms with van der Waals surface area (Å²) in [7, 11) is 0. The first kappa shape index (κ1) is 69.1. The SMILES string of the molecule is CC(C)(OC(F)(C(F)(F)OC(F)(F)C(F)(F)OC(F)(F)CO)C(F)(F)OC(F)(F)C(F)(OC(F)(F)C(F)(F)OC(F)(F)CO)C(F)(F)OC(F)(F)C(F)(F)OC(F)(F)CO)C(F)(F)C(F)(F)OC(F)(F)CO. The Hall–Kier alpha value is -2.90. The van der Waals surface area contributed by atoms with Crippen molar-refractivity contribution >= 4 is 0 Å². The molecular weight excluding hydrogens is 1150 g/mol. The highest BCUT2D eigenvalue weighted by Gasteiger charge is 2.89. The lowest BCUT2D eigenvalue weighted by atomic mass is 9.98. The lowest BCUT2D eigenvalue weighted by molar-refractivity contribution is -0.613. The Morgan fingerprint density at radius 1 is 0.222 bits per heavy atom. The molecule has 13 nitrogen and oxygen atoms in total. The summed E-state index contributed by atoms with van der Waals surface area (Å²) in [6, 6.07) is 0. The van der Waals surface area contributed by atoms with E-state index in [1.54, 1.807) is 14.2 Å². The summed E-state index contributed by atoms with van der Waals surface area (Å²) in [4.78, 5) is 0. The van der Waals surface area contributed by atoms with Gasteiger partial charge in [0.15, 0.2) is 0 Å². The molecule has 0 aromatic heterocycles. The molecule has 2 unspecified atom stereocenters. The van der Waals surface area contributed by atoms with E-state index in [0.717, 1.165) is 14.2 Å². The van der Waals surface area contributed by atoms with Gasteiger partial charge in [0.05, 0.1) is 0 Å². The molecule has 0 aliphatic heterocycles. The third kappa shape index (κ3) is 14.1. The highest BCUT2D eigenvalue weighted by atomic mass is 19.4. The number of aliphatic hydroxyl groups excluding tert-OH is 4. The molecule has 434 valence electrons. The molecule has 2 atom stereocenters. The number of halogens is 34. The normalized spacial score (nSPS) is 17.8. The molecule has 0 fully saturated rings. The molecule has 0 heterocycles. The van der Waals surface area contributed by atoms with Crippen LogP contribution in [0.25, 0.3) is 0 Å². The van der Waals surface area contributed by atoms with Crippen molar-refractivity contribution in [3.63, 3.8) is 0 Å². The second kappa shape index (κ2) is 19.9. The summed E-state index contributed by atoms with van der Waals surface area (Å²) in [5, 5.41) is 32.6. The molecular formula is C25H18F34O13. The van der Waals surface area contributed by atoms with Crippen LogP contribution < -0.4 is 0 Å². The van der Waals surface area contributed by atoms with E-state index in [1.165, 1.54) is 4.74 Å². The summed E-state index contributed by atoms with van der Waals surface area (Å²) >= 11 is 0. The number of rotatable bonds is 31. The average Bonchev–Trinajstić information content (AvgIpc) is 3.10. The Labute approximate surface area is 368 Å². The van der Waals surface area contributed by atoms with Gasteiger partial charge in [-0.05, 0) is 13.8 Å². The predicted octanol–water partition coefficient (Wildman–Crippen LogP) is 8.74. The van der Waals surface area contributed by atoms with Crippen molar-refractivity contribution in [3.05, 3.63) is 0 Å². The third-order valence-corrected chi connectivity index (χ3v) is 6.92. The maximum Gasteiger partial charge on any atom is 0.453 e. The molecule has 47 heteroatoms. The molecule has 4 N–H and O–H groups in total. The van der Waals surface area contributed by atoms with Crippen LogP contribution in [-0.2, 0) is 42.6 Å². The van der Waals surface area contributed by atoms with Crippen LogP contribution in [0.5, 0.6) is 0 Å². The van der Waals surface area contributed by atoms with Gasteiger partial charge in [0, 0.05) is 0 Å². The number of ether oxygens (including phenoxy) is 9. The topological polar surface area (TPSA) is 164 Å². The molecule has 0 rings (SSSR count). The van der Waals surface area contributed by atoms with E-state index in [9.17, 15) is 114 Å². The van der Waals surface area contributed by atoms with E-state index < -0.39 is 155 Å². The molecule has 0 spiro atoms. The Balaban J connectivity index is 8.81. The zero-order chi connectivity index (χ0) is 58.7. The molecule has 0 aromatic carbocycles. The summed E-state index contributed by atoms with van der Waals surface area (Å²) < 4.78 is 499. The van der Waals surface area contributed by atoms with Crippen LogP contribution in [-0.4, -0.2) is 162 Å². The van der Waals surface area contributed by atoms with Crippen molar-refractivity contribution in [1.82, 2.24) is 0 Å². The fourth-order valence-corrected chi connectivity index (χ4v) is 3.56. The smallest absolute Gasteiger partial charge is 0.387 e. The number of alkyl halides is 34. The first-order valence-corrected chi connectivity index (χ1v) is 16.0. The van der Waals surface area contributed by atoms with Gasteiger partial charge in [0.1, 0.15) is 32.0 Å². The predicted molar refractivity (Wildman–Crippen MR) is 139 cm³/mol. The van der Waals surface area contributed by atoms with E-state index in [0.29, 0.717) is 0 Å². The Bertz CT molecular complexity index is 1810. The maximum absolute atomic E-state index is 16.0. The third-order valence-electron chi connectivity index (χ3n) is 6.92. The Morgan fingerprint density at radius 2 is 0.389 bits per heavy atom. The van der Waals surface area contributed by atoms with E-state index >= 15 is 35.1 Å². The summed E-state index contributed by atoms with van der Waals surface area (Å²) in [6.45, 7) is -16.7. The highest BCUT2D eigenvalue weighted by Crippen LogP contribution is 2.61. The average molecular weight is 1170 g/mol. The molecule has 0 aliphatic rings. The van der Waals surface area contributed by atoms with Crippen LogP contribution in [0, 0.1) is 0 Å². The van der Waals surface area contributed by atoms with Crippen LogP contribution in [0.2, 0.25) is 0 Å². The van der Waals surface area contributed by atoms with Crippen LogP contribution >= 0.6 is 0 Å². The van der Waals surface area contributed by atoms with Crippen molar-refractivity contribution in [3.8, 4) is 0 Å². The number of hydrogen-bond acceptors (Lipinski definition) is 13. The fraction of sp³-hybridized carbons (Fsp3) is 1.00. The molecule has 0 radical (unpaired) electrons. The van der Waals surface area contributed by atoms with Gasteiger partial charge in [-0.25, -0.2) is 33.2 Å².